The number of benzene rings is 2. The lowest BCUT2D eigenvalue weighted by Crippen LogP contribution is -2.40. The van der Waals surface area contributed by atoms with E-state index in [9.17, 15) is 18.8 Å². The number of nitrogens with one attached hydrogen (secondary N) is 1. The number of carbonyl (C=O) groups is 1. The van der Waals surface area contributed by atoms with Gasteiger partial charge in [0.2, 0.25) is 5.91 Å². The summed E-state index contributed by atoms with van der Waals surface area (Å²) in [6, 6.07) is 12.8. The molecule has 0 unspecified atom stereocenters. The highest BCUT2D eigenvalue weighted by Crippen LogP contribution is 2.25. The Balaban J connectivity index is 1.88. The number of fused-ring (bicyclic) bond motifs is 1. The van der Waals surface area contributed by atoms with Crippen molar-refractivity contribution < 1.29 is 9.18 Å². The van der Waals surface area contributed by atoms with Crippen LogP contribution in [0.1, 0.15) is 5.56 Å². The summed E-state index contributed by atoms with van der Waals surface area (Å²) in [5, 5.41) is 2.47. The Morgan fingerprint density at radius 1 is 1.16 bits per heavy atom. The molecule has 1 amide bonds. The summed E-state index contributed by atoms with van der Waals surface area (Å²) >= 11 is 2.50. The van der Waals surface area contributed by atoms with Crippen molar-refractivity contribution >= 4 is 45.0 Å². The van der Waals surface area contributed by atoms with Crippen molar-refractivity contribution in [3.8, 4) is 5.69 Å². The lowest BCUT2D eigenvalue weighted by molar-refractivity contribution is -0.116. The Bertz CT molecular complexity index is 1420. The van der Waals surface area contributed by atoms with Gasteiger partial charge in [0.1, 0.15) is 17.1 Å². The van der Waals surface area contributed by atoms with E-state index in [1.165, 1.54) is 30.0 Å². The lowest BCUT2D eigenvalue weighted by atomic mass is 10.2. The van der Waals surface area contributed by atoms with Crippen LogP contribution < -0.4 is 16.6 Å². The van der Waals surface area contributed by atoms with Crippen LogP contribution in [0.25, 0.3) is 16.0 Å². The normalized spacial score (nSPS) is 11.1. The third-order valence-electron chi connectivity index (χ3n) is 4.65. The number of thioether (sulfide) groups is 1. The smallest absolute Gasteiger partial charge is 0.322 e. The Labute approximate surface area is 184 Å². The monoisotopic (exact) mass is 456 g/mol. The largest absolute Gasteiger partial charge is 0.337 e. The molecular formula is C21H17FN4O3S2. The summed E-state index contributed by atoms with van der Waals surface area (Å²) in [4.78, 5) is 43.5. The van der Waals surface area contributed by atoms with Crippen molar-refractivity contribution in [1.29, 1.82) is 0 Å². The van der Waals surface area contributed by atoms with E-state index in [0.717, 1.165) is 26.0 Å². The molecule has 1 N–H and O–H groups in total. The number of aromatic nitrogens is 3. The van der Waals surface area contributed by atoms with Crippen LogP contribution in [-0.2, 0) is 11.3 Å². The highest BCUT2D eigenvalue weighted by Gasteiger charge is 2.21. The van der Waals surface area contributed by atoms with Crippen molar-refractivity contribution in [1.82, 2.24) is 14.1 Å². The first-order valence-electron chi connectivity index (χ1n) is 9.21. The van der Waals surface area contributed by atoms with Crippen molar-refractivity contribution in [2.24, 2.45) is 0 Å². The van der Waals surface area contributed by atoms with Crippen molar-refractivity contribution in [2.45, 2.75) is 17.8 Å². The van der Waals surface area contributed by atoms with E-state index in [-0.39, 0.29) is 16.0 Å². The molecule has 0 bridgehead atoms. The summed E-state index contributed by atoms with van der Waals surface area (Å²) in [6.07, 6.45) is 1.81. The summed E-state index contributed by atoms with van der Waals surface area (Å²) in [5.41, 5.74) is 0.135. The second kappa shape index (κ2) is 8.48. The molecule has 4 rings (SSSR count). The third kappa shape index (κ3) is 3.91. The van der Waals surface area contributed by atoms with Gasteiger partial charge in [0.15, 0.2) is 9.99 Å². The molecule has 2 aromatic carbocycles. The number of hydrogen-bond acceptors (Lipinski definition) is 6. The highest BCUT2D eigenvalue weighted by molar-refractivity contribution is 8.00. The molecular weight excluding hydrogens is 439 g/mol. The Kier molecular flexibility index (Phi) is 5.75. The minimum absolute atomic E-state index is 0.00657. The number of carbonyl (C=O) groups excluding carboxylic acids is 1. The van der Waals surface area contributed by atoms with Crippen LogP contribution in [0.3, 0.4) is 0 Å². The van der Waals surface area contributed by atoms with Crippen molar-refractivity contribution in [3.63, 3.8) is 0 Å². The Morgan fingerprint density at radius 3 is 2.58 bits per heavy atom. The fourth-order valence-electron chi connectivity index (χ4n) is 3.17. The van der Waals surface area contributed by atoms with E-state index < -0.39 is 29.5 Å². The quantitative estimate of drug-likeness (QED) is 0.465. The number of hydrogen-bond donors (Lipinski definition) is 1. The first-order chi connectivity index (χ1) is 14.9. The van der Waals surface area contributed by atoms with Gasteiger partial charge in [-0.15, -0.1) is 11.3 Å². The standard InChI is InChI=1S/C21H17FN4O3S2/c1-12-7-3-6-10-15(12)26-19(28)17-18(24-20(30-2)31-17)25(21(26)29)11-16(27)23-14-9-5-4-8-13(14)22/h3-10H,11H2,1-2H3,(H,23,27). The SMILES string of the molecule is CSc1nc2c(s1)c(=O)n(-c1ccccc1C)c(=O)n2CC(=O)Nc1ccccc1F. The molecule has 0 saturated heterocycles. The maximum Gasteiger partial charge on any atom is 0.337 e. The average molecular weight is 457 g/mol. The molecule has 0 radical (unpaired) electrons. The van der Waals surface area contributed by atoms with Gasteiger partial charge in [-0.3, -0.25) is 14.2 Å². The first kappa shape index (κ1) is 21.0. The summed E-state index contributed by atoms with van der Waals surface area (Å²) in [6.45, 7) is 1.37. The highest BCUT2D eigenvalue weighted by atomic mass is 32.2. The van der Waals surface area contributed by atoms with Gasteiger partial charge in [0, 0.05) is 0 Å². The lowest BCUT2D eigenvalue weighted by Gasteiger charge is -2.13. The fourth-order valence-corrected chi connectivity index (χ4v) is 4.66. The van der Waals surface area contributed by atoms with Gasteiger partial charge in [-0.1, -0.05) is 42.1 Å². The van der Waals surface area contributed by atoms with E-state index in [2.05, 4.69) is 10.3 Å². The van der Waals surface area contributed by atoms with Gasteiger partial charge in [0.05, 0.1) is 11.4 Å². The Morgan fingerprint density at radius 2 is 1.87 bits per heavy atom. The van der Waals surface area contributed by atoms with Crippen LogP contribution in [0.4, 0.5) is 10.1 Å². The second-order valence-electron chi connectivity index (χ2n) is 6.66. The summed E-state index contributed by atoms with van der Waals surface area (Å²) in [7, 11) is 0. The molecule has 0 fully saturated rings. The number of halogens is 1. The molecule has 0 saturated carbocycles. The van der Waals surface area contributed by atoms with Crippen molar-refractivity contribution in [2.75, 3.05) is 11.6 Å². The molecule has 7 nitrogen and oxygen atoms in total. The molecule has 0 aliphatic carbocycles. The number of aryl methyl sites for hydroxylation is 1. The van der Waals surface area contributed by atoms with E-state index in [4.69, 9.17) is 0 Å². The van der Waals surface area contributed by atoms with E-state index in [1.54, 1.807) is 37.3 Å². The number of anilines is 1. The van der Waals surface area contributed by atoms with Crippen LogP contribution in [0.15, 0.2) is 62.5 Å². The zero-order valence-electron chi connectivity index (χ0n) is 16.6. The van der Waals surface area contributed by atoms with Gasteiger partial charge in [0.25, 0.3) is 5.56 Å². The van der Waals surface area contributed by atoms with Gasteiger partial charge in [-0.25, -0.2) is 18.7 Å². The van der Waals surface area contributed by atoms with Crippen LogP contribution in [0, 0.1) is 12.7 Å². The molecule has 0 atom stereocenters. The number of para-hydroxylation sites is 2. The van der Waals surface area contributed by atoms with Crippen molar-refractivity contribution in [3.05, 3.63) is 80.7 Å². The van der Waals surface area contributed by atoms with Crippen LogP contribution in [0.5, 0.6) is 0 Å². The number of nitrogens with zero attached hydrogens (tertiary/aromatic N) is 3. The van der Waals surface area contributed by atoms with Gasteiger partial charge >= 0.3 is 5.69 Å². The molecule has 10 heteroatoms. The van der Waals surface area contributed by atoms with Gasteiger partial charge < -0.3 is 5.32 Å². The Hall–Kier alpha value is -3.24. The molecule has 0 aliphatic heterocycles. The molecule has 0 aliphatic rings. The van der Waals surface area contributed by atoms with E-state index in [1.807, 2.05) is 6.26 Å². The van der Waals surface area contributed by atoms with Gasteiger partial charge in [-0.2, -0.15) is 0 Å². The number of thiazole rings is 1. The molecule has 0 spiro atoms. The summed E-state index contributed by atoms with van der Waals surface area (Å²) in [5.74, 6) is -1.20. The zero-order valence-corrected chi connectivity index (χ0v) is 18.2. The molecule has 31 heavy (non-hydrogen) atoms. The molecule has 158 valence electrons. The van der Waals surface area contributed by atoms with Gasteiger partial charge in [-0.05, 0) is 36.9 Å². The minimum atomic E-state index is -0.687. The zero-order chi connectivity index (χ0) is 22.1. The molecule has 2 heterocycles. The predicted molar refractivity (Wildman–Crippen MR) is 121 cm³/mol. The van der Waals surface area contributed by atoms with Crippen LogP contribution >= 0.6 is 23.1 Å². The minimum Gasteiger partial charge on any atom is -0.322 e. The number of rotatable bonds is 5. The maximum atomic E-state index is 13.9. The third-order valence-corrected chi connectivity index (χ3v) is 6.66. The van der Waals surface area contributed by atoms with E-state index in [0.29, 0.717) is 10.0 Å². The van der Waals surface area contributed by atoms with Crippen LogP contribution in [0.2, 0.25) is 0 Å². The maximum absolute atomic E-state index is 13.9. The fraction of sp³-hybridized carbons (Fsp3) is 0.143. The summed E-state index contributed by atoms with van der Waals surface area (Å²) < 4.78 is 17.0. The molecule has 2 aromatic heterocycles. The topological polar surface area (TPSA) is 86.0 Å². The first-order valence-corrected chi connectivity index (χ1v) is 11.3. The average Bonchev–Trinajstić information content (AvgIpc) is 3.19. The number of amides is 1. The predicted octanol–water partition coefficient (Wildman–Crippen LogP) is 3.42. The second-order valence-corrected chi connectivity index (χ2v) is 8.71. The molecule has 4 aromatic rings. The van der Waals surface area contributed by atoms with E-state index >= 15 is 0 Å². The van der Waals surface area contributed by atoms with Crippen LogP contribution in [-0.4, -0.2) is 26.3 Å².